The van der Waals surface area contributed by atoms with Crippen LogP contribution in [0.1, 0.15) is 17.1 Å². The minimum atomic E-state index is 0.408. The van der Waals surface area contributed by atoms with Crippen LogP contribution in [0.2, 0.25) is 5.02 Å². The van der Waals surface area contributed by atoms with E-state index in [1.54, 1.807) is 0 Å². The number of nitrogens with two attached hydrogens (primary N) is 1. The molecular formula is C14H16ClNO2. The first-order chi connectivity index (χ1) is 8.69. The van der Waals surface area contributed by atoms with Gasteiger partial charge >= 0.3 is 0 Å². The monoisotopic (exact) mass is 265 g/mol. The van der Waals surface area contributed by atoms with Crippen molar-refractivity contribution in [3.63, 3.8) is 0 Å². The lowest BCUT2D eigenvalue weighted by atomic mass is 10.2. The molecule has 0 bridgehead atoms. The van der Waals surface area contributed by atoms with E-state index in [0.717, 1.165) is 34.3 Å². The SMILES string of the molecule is Cc1cc(OCc2ccc(CCN)o2)ccc1Cl. The van der Waals surface area contributed by atoms with Gasteiger partial charge in [-0.3, -0.25) is 0 Å². The molecule has 0 radical (unpaired) electrons. The van der Waals surface area contributed by atoms with Crippen LogP contribution in [0.4, 0.5) is 0 Å². The first kappa shape index (κ1) is 13.0. The zero-order valence-electron chi connectivity index (χ0n) is 10.3. The van der Waals surface area contributed by atoms with Gasteiger partial charge in [0.15, 0.2) is 0 Å². The molecule has 0 aliphatic heterocycles. The second kappa shape index (κ2) is 5.94. The third-order valence-electron chi connectivity index (χ3n) is 2.62. The topological polar surface area (TPSA) is 48.4 Å². The standard InChI is InChI=1S/C14H16ClNO2/c1-10-8-12(4-5-14(10)15)17-9-13-3-2-11(18-13)6-7-16/h2-5,8H,6-7,9,16H2,1H3. The molecule has 0 atom stereocenters. The molecule has 1 aromatic carbocycles. The number of hydrogen-bond donors (Lipinski definition) is 1. The van der Waals surface area contributed by atoms with Crippen LogP contribution in [0.3, 0.4) is 0 Å². The van der Waals surface area contributed by atoms with Crippen molar-refractivity contribution in [1.82, 2.24) is 0 Å². The van der Waals surface area contributed by atoms with Crippen molar-refractivity contribution in [2.24, 2.45) is 5.73 Å². The molecule has 0 amide bonds. The number of furan rings is 1. The first-order valence-electron chi connectivity index (χ1n) is 5.85. The summed E-state index contributed by atoms with van der Waals surface area (Å²) in [5.41, 5.74) is 6.46. The zero-order chi connectivity index (χ0) is 13.0. The molecule has 0 fully saturated rings. The predicted octanol–water partition coefficient (Wildman–Crippen LogP) is 3.32. The maximum atomic E-state index is 5.95. The van der Waals surface area contributed by atoms with Crippen molar-refractivity contribution in [1.29, 1.82) is 0 Å². The van der Waals surface area contributed by atoms with Gasteiger partial charge < -0.3 is 14.9 Å². The molecule has 2 aromatic rings. The molecule has 0 aliphatic rings. The third-order valence-corrected chi connectivity index (χ3v) is 3.04. The second-order valence-corrected chi connectivity index (χ2v) is 4.51. The van der Waals surface area contributed by atoms with Gasteiger partial charge in [-0.1, -0.05) is 11.6 Å². The molecule has 4 heteroatoms. The van der Waals surface area contributed by atoms with Crippen molar-refractivity contribution in [3.8, 4) is 5.75 Å². The Hall–Kier alpha value is -1.45. The van der Waals surface area contributed by atoms with E-state index in [1.165, 1.54) is 0 Å². The minimum absolute atomic E-state index is 0.408. The van der Waals surface area contributed by atoms with Gasteiger partial charge in [-0.25, -0.2) is 0 Å². The largest absolute Gasteiger partial charge is 0.486 e. The van der Waals surface area contributed by atoms with Crippen molar-refractivity contribution in [3.05, 3.63) is 52.4 Å². The number of halogens is 1. The van der Waals surface area contributed by atoms with Crippen LogP contribution >= 0.6 is 11.6 Å². The lowest BCUT2D eigenvalue weighted by molar-refractivity contribution is 0.266. The summed E-state index contributed by atoms with van der Waals surface area (Å²) in [5, 5.41) is 0.741. The van der Waals surface area contributed by atoms with Gasteiger partial charge in [0.2, 0.25) is 0 Å². The Bertz CT molecular complexity index is 522. The van der Waals surface area contributed by atoms with Crippen LogP contribution in [0, 0.1) is 6.92 Å². The van der Waals surface area contributed by atoms with Crippen LogP contribution in [0.5, 0.6) is 5.75 Å². The van der Waals surface area contributed by atoms with Crippen molar-refractivity contribution in [2.75, 3.05) is 6.54 Å². The third kappa shape index (κ3) is 3.28. The van der Waals surface area contributed by atoms with Gasteiger partial charge in [0, 0.05) is 11.4 Å². The fourth-order valence-corrected chi connectivity index (χ4v) is 1.76. The van der Waals surface area contributed by atoms with Gasteiger partial charge in [0.05, 0.1) is 0 Å². The van der Waals surface area contributed by atoms with Crippen LogP contribution < -0.4 is 10.5 Å². The fourth-order valence-electron chi connectivity index (χ4n) is 1.64. The Morgan fingerprint density at radius 3 is 2.72 bits per heavy atom. The van der Waals surface area contributed by atoms with Gasteiger partial charge in [-0.05, 0) is 49.4 Å². The van der Waals surface area contributed by atoms with Crippen LogP contribution in [-0.4, -0.2) is 6.54 Å². The Morgan fingerprint density at radius 2 is 2.00 bits per heavy atom. The molecule has 0 saturated carbocycles. The van der Waals surface area contributed by atoms with Crippen molar-refractivity contribution >= 4 is 11.6 Å². The molecule has 0 aliphatic carbocycles. The van der Waals surface area contributed by atoms with Crippen LogP contribution in [-0.2, 0) is 13.0 Å². The fraction of sp³-hybridized carbons (Fsp3) is 0.286. The van der Waals surface area contributed by atoms with E-state index in [9.17, 15) is 0 Å². The quantitative estimate of drug-likeness (QED) is 0.902. The lowest BCUT2D eigenvalue weighted by Crippen LogP contribution is -2.01. The second-order valence-electron chi connectivity index (χ2n) is 4.11. The molecule has 18 heavy (non-hydrogen) atoms. The summed E-state index contributed by atoms with van der Waals surface area (Å²) in [6, 6.07) is 9.42. The Balaban J connectivity index is 1.95. The highest BCUT2D eigenvalue weighted by Crippen LogP contribution is 2.22. The van der Waals surface area contributed by atoms with Gasteiger partial charge in [0.1, 0.15) is 23.9 Å². The summed E-state index contributed by atoms with van der Waals surface area (Å²) in [4.78, 5) is 0. The molecule has 0 saturated heterocycles. The molecule has 2 N–H and O–H groups in total. The summed E-state index contributed by atoms with van der Waals surface area (Å²) in [7, 11) is 0. The normalized spacial score (nSPS) is 10.6. The average molecular weight is 266 g/mol. The van der Waals surface area contributed by atoms with E-state index in [-0.39, 0.29) is 0 Å². The summed E-state index contributed by atoms with van der Waals surface area (Å²) >= 11 is 5.95. The number of benzene rings is 1. The molecule has 0 spiro atoms. The highest BCUT2D eigenvalue weighted by Gasteiger charge is 2.03. The molecule has 2 rings (SSSR count). The summed E-state index contributed by atoms with van der Waals surface area (Å²) in [6.07, 6.45) is 0.750. The van der Waals surface area contributed by atoms with E-state index >= 15 is 0 Å². The number of ether oxygens (including phenoxy) is 1. The number of rotatable bonds is 5. The molecule has 3 nitrogen and oxygen atoms in total. The minimum Gasteiger partial charge on any atom is -0.486 e. The Kier molecular flexibility index (Phi) is 4.28. The van der Waals surface area contributed by atoms with Crippen molar-refractivity contribution < 1.29 is 9.15 Å². The van der Waals surface area contributed by atoms with Crippen LogP contribution in [0.15, 0.2) is 34.7 Å². The summed E-state index contributed by atoms with van der Waals surface area (Å²) in [6.45, 7) is 2.94. The maximum absolute atomic E-state index is 5.95. The predicted molar refractivity (Wildman–Crippen MR) is 72.0 cm³/mol. The molecule has 1 aromatic heterocycles. The Labute approximate surface area is 111 Å². The number of aryl methyl sites for hydroxylation is 1. The van der Waals surface area contributed by atoms with E-state index in [4.69, 9.17) is 26.5 Å². The first-order valence-corrected chi connectivity index (χ1v) is 6.23. The van der Waals surface area contributed by atoms with E-state index in [1.807, 2.05) is 37.3 Å². The molecule has 1 heterocycles. The molecule has 0 unspecified atom stereocenters. The summed E-state index contributed by atoms with van der Waals surface area (Å²) in [5.74, 6) is 2.48. The molecular weight excluding hydrogens is 250 g/mol. The Morgan fingerprint density at radius 1 is 1.22 bits per heavy atom. The van der Waals surface area contributed by atoms with Crippen LogP contribution in [0.25, 0.3) is 0 Å². The van der Waals surface area contributed by atoms with Gasteiger partial charge in [-0.2, -0.15) is 0 Å². The highest BCUT2D eigenvalue weighted by atomic mass is 35.5. The van der Waals surface area contributed by atoms with Crippen molar-refractivity contribution in [2.45, 2.75) is 20.0 Å². The van der Waals surface area contributed by atoms with Gasteiger partial charge in [-0.15, -0.1) is 0 Å². The summed E-state index contributed by atoms with van der Waals surface area (Å²) < 4.78 is 11.2. The number of hydrogen-bond acceptors (Lipinski definition) is 3. The highest BCUT2D eigenvalue weighted by molar-refractivity contribution is 6.31. The van der Waals surface area contributed by atoms with E-state index < -0.39 is 0 Å². The molecule has 96 valence electrons. The van der Waals surface area contributed by atoms with Gasteiger partial charge in [0.25, 0.3) is 0 Å². The smallest absolute Gasteiger partial charge is 0.146 e. The van der Waals surface area contributed by atoms with E-state index in [2.05, 4.69) is 0 Å². The maximum Gasteiger partial charge on any atom is 0.146 e. The van der Waals surface area contributed by atoms with E-state index in [0.29, 0.717) is 13.2 Å². The lowest BCUT2D eigenvalue weighted by Gasteiger charge is -2.06. The average Bonchev–Trinajstić information content (AvgIpc) is 2.79. The zero-order valence-corrected chi connectivity index (χ0v) is 11.0.